The summed E-state index contributed by atoms with van der Waals surface area (Å²) in [5.41, 5.74) is 5.55. The summed E-state index contributed by atoms with van der Waals surface area (Å²) in [7, 11) is 0. The lowest BCUT2D eigenvalue weighted by Crippen LogP contribution is -2.71. The minimum Gasteiger partial charge on any atom is -0.394 e. The predicted molar refractivity (Wildman–Crippen MR) is 193 cm³/mol. The van der Waals surface area contributed by atoms with Crippen LogP contribution in [0.15, 0.2) is 0 Å². The van der Waals surface area contributed by atoms with Crippen molar-refractivity contribution in [1.82, 2.24) is 5.32 Å². The first kappa shape index (κ1) is 50.5. The molecule has 26 heteroatoms. The Morgan fingerprint density at radius 3 is 1.51 bits per heavy atom. The fraction of sp³-hybridized carbons (Fsp3) is 0.971. The van der Waals surface area contributed by atoms with Gasteiger partial charge in [-0.15, -0.1) is 0 Å². The van der Waals surface area contributed by atoms with Crippen molar-refractivity contribution >= 4 is 5.91 Å². The molecule has 5 aliphatic rings. The third kappa shape index (κ3) is 11.1. The first-order valence-corrected chi connectivity index (χ1v) is 20.0. The predicted octanol–water partition coefficient (Wildman–Crippen LogP) is -9.35. The molecule has 0 saturated carbocycles. The fourth-order valence-electron chi connectivity index (χ4n) is 7.70. The molecule has 356 valence electrons. The smallest absolute Gasteiger partial charge is 0.217 e. The number of carbonyl (C=O) groups excluding carboxylic acids is 1. The Bertz CT molecular complexity index is 1360. The largest absolute Gasteiger partial charge is 0.394 e. The molecule has 0 aromatic heterocycles. The lowest BCUT2D eigenvalue weighted by atomic mass is 9.93. The van der Waals surface area contributed by atoms with Crippen LogP contribution >= 0.6 is 0 Å². The molecule has 5 fully saturated rings. The number of hydrogen-bond donors (Lipinski definition) is 15. The zero-order chi connectivity index (χ0) is 45.0. The number of aliphatic hydroxyl groups is 13. The number of nitrogens with two attached hydrogens (primary N) is 1. The zero-order valence-electron chi connectivity index (χ0n) is 33.6. The van der Waals surface area contributed by atoms with E-state index in [0.29, 0.717) is 6.42 Å². The molecule has 26 nitrogen and oxygen atoms in total. The van der Waals surface area contributed by atoms with E-state index in [1.54, 1.807) is 0 Å². The molecule has 1 amide bonds. The summed E-state index contributed by atoms with van der Waals surface area (Å²) in [4.78, 5) is 12.9. The van der Waals surface area contributed by atoms with Crippen LogP contribution in [0.25, 0.3) is 0 Å². The van der Waals surface area contributed by atoms with Gasteiger partial charge in [0, 0.05) is 6.92 Å². The second-order valence-corrected chi connectivity index (χ2v) is 15.6. The highest BCUT2D eigenvalue weighted by molar-refractivity contribution is 5.73. The summed E-state index contributed by atoms with van der Waals surface area (Å²) in [5, 5.41) is 142. The second-order valence-electron chi connectivity index (χ2n) is 15.6. The van der Waals surface area contributed by atoms with Gasteiger partial charge < -0.3 is 125 Å². The van der Waals surface area contributed by atoms with E-state index in [9.17, 15) is 71.2 Å². The summed E-state index contributed by atoms with van der Waals surface area (Å²) < 4.78 is 58.7. The molecule has 61 heavy (non-hydrogen) atoms. The number of carbonyl (C=O) groups is 1. The highest BCUT2D eigenvalue weighted by atomic mass is 16.8. The van der Waals surface area contributed by atoms with Crippen LogP contribution < -0.4 is 11.1 Å². The summed E-state index contributed by atoms with van der Waals surface area (Å²) in [5.74, 6) is -0.789. The Balaban J connectivity index is 1.54. The van der Waals surface area contributed by atoms with E-state index in [-0.39, 0.29) is 13.2 Å². The van der Waals surface area contributed by atoms with E-state index in [1.807, 2.05) is 0 Å². The van der Waals surface area contributed by atoms with E-state index in [2.05, 4.69) is 5.32 Å². The van der Waals surface area contributed by atoms with Crippen LogP contribution in [0.2, 0.25) is 0 Å². The van der Waals surface area contributed by atoms with Gasteiger partial charge in [0.2, 0.25) is 5.91 Å². The van der Waals surface area contributed by atoms with Gasteiger partial charge >= 0.3 is 0 Å². The van der Waals surface area contributed by atoms with E-state index in [1.165, 1.54) is 13.8 Å². The first-order chi connectivity index (χ1) is 28.9. The maximum Gasteiger partial charge on any atom is 0.217 e. The van der Waals surface area contributed by atoms with Crippen LogP contribution in [0.3, 0.4) is 0 Å². The highest BCUT2D eigenvalue weighted by Crippen LogP contribution is 2.37. The molecule has 0 aromatic carbocycles. The summed E-state index contributed by atoms with van der Waals surface area (Å²) >= 11 is 0. The van der Waals surface area contributed by atoms with Gasteiger partial charge in [-0.3, -0.25) is 4.79 Å². The number of ether oxygens (including phenoxy) is 10. The molecule has 0 radical (unpaired) electrons. The fourth-order valence-corrected chi connectivity index (χ4v) is 7.70. The van der Waals surface area contributed by atoms with Gasteiger partial charge in [-0.1, -0.05) is 0 Å². The molecule has 0 unspecified atom stereocenters. The van der Waals surface area contributed by atoms with Gasteiger partial charge in [0.15, 0.2) is 31.5 Å². The third-order valence-corrected chi connectivity index (χ3v) is 11.3. The Kier molecular flexibility index (Phi) is 18.3. The average Bonchev–Trinajstić information content (AvgIpc) is 3.23. The van der Waals surface area contributed by atoms with Crippen molar-refractivity contribution in [1.29, 1.82) is 0 Å². The van der Waals surface area contributed by atoms with E-state index in [0.717, 1.165) is 6.92 Å². The SMILES string of the molecule is CC(=O)N[C@H]1[C@H](O[C@H]2[C@@H](O)[C@@H](CO)O[C@@H](OCCCN)[C@@H]2O)O[C@H](CO)[C@@H](O[C@@H]2O[C@H](CO)[C@H](O)[C@H](O)[C@H]2O[C@@H]2O[C@@H](C)[C@@H](O)[C@@H](O)[C@@H]2O)[C@@H]1O[C@@H]1O[C@@H](C)[C@@H](O)[C@@H](O)[C@@H]1O. The first-order valence-electron chi connectivity index (χ1n) is 20.0. The van der Waals surface area contributed by atoms with E-state index < -0.39 is 179 Å². The molecule has 5 saturated heterocycles. The number of hydrogen-bond acceptors (Lipinski definition) is 25. The average molecular weight is 895 g/mol. The number of amides is 1. The maximum atomic E-state index is 12.9. The van der Waals surface area contributed by atoms with Crippen molar-refractivity contribution in [2.24, 2.45) is 5.73 Å². The molecule has 16 N–H and O–H groups in total. The van der Waals surface area contributed by atoms with Crippen LogP contribution in [0.4, 0.5) is 0 Å². The molecular formula is C35H62N2O24. The molecule has 0 spiro atoms. The Morgan fingerprint density at radius 2 is 0.984 bits per heavy atom. The molecule has 0 aromatic rings. The lowest BCUT2D eigenvalue weighted by Gasteiger charge is -2.52. The maximum absolute atomic E-state index is 12.9. The summed E-state index contributed by atoms with van der Waals surface area (Å²) in [6.07, 6.45) is -41.0. The highest BCUT2D eigenvalue weighted by Gasteiger charge is 2.58. The minimum atomic E-state index is -2.01. The van der Waals surface area contributed by atoms with Gasteiger partial charge in [-0.25, -0.2) is 0 Å². The molecule has 5 rings (SSSR count). The van der Waals surface area contributed by atoms with E-state index in [4.69, 9.17) is 53.1 Å². The molecular weight excluding hydrogens is 832 g/mol. The van der Waals surface area contributed by atoms with Crippen molar-refractivity contribution in [2.45, 2.75) is 181 Å². The lowest BCUT2D eigenvalue weighted by molar-refractivity contribution is -0.398. The van der Waals surface area contributed by atoms with Crippen molar-refractivity contribution < 1.29 is 119 Å². The van der Waals surface area contributed by atoms with Gasteiger partial charge in [0.25, 0.3) is 0 Å². The number of rotatable bonds is 16. The van der Waals surface area contributed by atoms with Crippen LogP contribution in [-0.2, 0) is 52.2 Å². The molecule has 25 atom stereocenters. The monoisotopic (exact) mass is 894 g/mol. The molecule has 5 aliphatic heterocycles. The van der Waals surface area contributed by atoms with Crippen molar-refractivity contribution in [2.75, 3.05) is 33.0 Å². The minimum absolute atomic E-state index is 0.0119. The molecule has 0 bridgehead atoms. The summed E-state index contributed by atoms with van der Waals surface area (Å²) in [6, 6.07) is -1.68. The Hall–Kier alpha value is -1.49. The molecule has 5 heterocycles. The van der Waals surface area contributed by atoms with Gasteiger partial charge in [-0.2, -0.15) is 0 Å². The van der Waals surface area contributed by atoms with Gasteiger partial charge in [-0.05, 0) is 26.8 Å². The van der Waals surface area contributed by atoms with Gasteiger partial charge in [0.05, 0.1) is 38.6 Å². The normalized spacial score (nSPS) is 49.7. The van der Waals surface area contributed by atoms with Crippen molar-refractivity contribution in [3.63, 3.8) is 0 Å². The second kappa shape index (κ2) is 22.1. The topological polar surface area (TPSA) is 410 Å². The van der Waals surface area contributed by atoms with Crippen molar-refractivity contribution in [3.8, 4) is 0 Å². The standard InChI is InChI=1S/C35H62N2O24/c1-10-17(42)21(46)24(49)33(53-10)59-28-16(37-12(3)41)31(60-29-20(45)14(8-39)55-32(26(29)51)52-6-4-5-36)57-15(9-40)27(28)58-35-30(23(48)19(44)13(7-38)56-35)61-34-25(50)22(47)18(43)11(2)54-34/h10-11,13-35,38-40,42-51H,4-9,36H2,1-3H3,(H,37,41)/t10-,11-,13+,14+,15+,16+,17+,18+,19-,20-,21+,22+,23-,24-,25-,26+,27+,28+,29-,30+,31-,32+,33-,34-,35-/m0/s1. The number of aliphatic hydroxyl groups excluding tert-OH is 13. The third-order valence-electron chi connectivity index (χ3n) is 11.3. The van der Waals surface area contributed by atoms with Crippen molar-refractivity contribution in [3.05, 3.63) is 0 Å². The summed E-state index contributed by atoms with van der Waals surface area (Å²) in [6.45, 7) is 1.27. The van der Waals surface area contributed by atoms with Crippen LogP contribution in [0.1, 0.15) is 27.2 Å². The quantitative estimate of drug-likeness (QED) is 0.0640. The van der Waals surface area contributed by atoms with Crippen LogP contribution in [0, 0.1) is 0 Å². The molecule has 0 aliphatic carbocycles. The Labute approximate surface area is 349 Å². The number of nitrogens with one attached hydrogen (secondary N) is 1. The zero-order valence-corrected chi connectivity index (χ0v) is 33.6. The van der Waals surface area contributed by atoms with E-state index >= 15 is 0 Å². The van der Waals surface area contributed by atoms with Crippen LogP contribution in [0.5, 0.6) is 0 Å². The van der Waals surface area contributed by atoms with Crippen LogP contribution in [-0.4, -0.2) is 259 Å². The van der Waals surface area contributed by atoms with Gasteiger partial charge in [0.1, 0.15) is 110 Å². The Morgan fingerprint density at radius 1 is 0.508 bits per heavy atom.